The van der Waals surface area contributed by atoms with Gasteiger partial charge in [-0.15, -0.1) is 0 Å². The zero-order valence-electron chi connectivity index (χ0n) is 7.42. The van der Waals surface area contributed by atoms with Crippen LogP contribution in [0.1, 0.15) is 5.56 Å². The molecular weight excluding hydrogens is 171 g/mol. The molecule has 0 spiro atoms. The Bertz CT molecular complexity index is 308. The molecule has 2 nitrogen and oxygen atoms in total. The highest BCUT2D eigenvalue weighted by molar-refractivity contribution is 5.29. The van der Waals surface area contributed by atoms with Crippen molar-refractivity contribution in [1.82, 2.24) is 0 Å². The lowest BCUT2D eigenvalue weighted by Crippen LogP contribution is -2.05. The van der Waals surface area contributed by atoms with Crippen molar-refractivity contribution >= 4 is 0 Å². The molecule has 1 aliphatic heterocycles. The minimum atomic E-state index is -0.314. The highest BCUT2D eigenvalue weighted by Crippen LogP contribution is 2.20. The van der Waals surface area contributed by atoms with E-state index in [-0.39, 0.29) is 11.9 Å². The number of ether oxygens (including phenoxy) is 2. The zero-order valence-corrected chi connectivity index (χ0v) is 7.42. The molecule has 0 bridgehead atoms. The Hall–Kier alpha value is -1.09. The summed E-state index contributed by atoms with van der Waals surface area (Å²) in [6, 6.07) is 4.83. The second kappa shape index (κ2) is 3.34. The van der Waals surface area contributed by atoms with Gasteiger partial charge in [0.25, 0.3) is 0 Å². The molecule has 1 aromatic rings. The summed E-state index contributed by atoms with van der Waals surface area (Å²) in [7, 11) is 0. The second-order valence-corrected chi connectivity index (χ2v) is 3.20. The predicted molar refractivity (Wildman–Crippen MR) is 46.4 cm³/mol. The van der Waals surface area contributed by atoms with Gasteiger partial charge in [0.05, 0.1) is 6.61 Å². The number of aryl methyl sites for hydroxylation is 1. The number of epoxide rings is 1. The second-order valence-electron chi connectivity index (χ2n) is 3.20. The molecule has 1 atom stereocenters. The van der Waals surface area contributed by atoms with E-state index in [1.807, 2.05) is 6.92 Å². The van der Waals surface area contributed by atoms with Gasteiger partial charge in [0.2, 0.25) is 0 Å². The first-order valence-corrected chi connectivity index (χ1v) is 4.26. The molecule has 70 valence electrons. The summed E-state index contributed by atoms with van der Waals surface area (Å²) in [5, 5.41) is 0. The van der Waals surface area contributed by atoms with E-state index in [0.29, 0.717) is 12.4 Å². The van der Waals surface area contributed by atoms with Gasteiger partial charge in [-0.05, 0) is 24.6 Å². The molecule has 1 saturated heterocycles. The molecule has 13 heavy (non-hydrogen) atoms. The smallest absolute Gasteiger partial charge is 0.165 e. The minimum absolute atomic E-state index is 0.167. The van der Waals surface area contributed by atoms with E-state index in [2.05, 4.69) is 0 Å². The molecule has 0 aromatic heterocycles. The maximum atomic E-state index is 13.1. The summed E-state index contributed by atoms with van der Waals surface area (Å²) in [5.74, 6) is 0.00162. The zero-order chi connectivity index (χ0) is 9.26. The molecule has 0 aliphatic carbocycles. The van der Waals surface area contributed by atoms with Crippen LogP contribution in [-0.2, 0) is 4.74 Å². The number of benzene rings is 1. The maximum Gasteiger partial charge on any atom is 0.165 e. The first-order valence-electron chi connectivity index (χ1n) is 4.26. The van der Waals surface area contributed by atoms with Crippen molar-refractivity contribution in [2.24, 2.45) is 0 Å². The lowest BCUT2D eigenvalue weighted by atomic mass is 10.2. The van der Waals surface area contributed by atoms with Crippen molar-refractivity contribution in [3.05, 3.63) is 29.6 Å². The summed E-state index contributed by atoms with van der Waals surface area (Å²) < 4.78 is 23.3. The van der Waals surface area contributed by atoms with E-state index < -0.39 is 0 Å². The van der Waals surface area contributed by atoms with Crippen molar-refractivity contribution in [3.63, 3.8) is 0 Å². The standard InChI is InChI=1S/C10H11FO2/c1-7-2-3-9(11)10(4-7)13-6-8-5-12-8/h2-4,8H,5-6H2,1H3/t8-/m0/s1. The number of halogens is 1. The lowest BCUT2D eigenvalue weighted by molar-refractivity contribution is 0.253. The van der Waals surface area contributed by atoms with Gasteiger partial charge in [0, 0.05) is 0 Å². The minimum Gasteiger partial charge on any atom is -0.488 e. The summed E-state index contributed by atoms with van der Waals surface area (Å²) in [6.07, 6.45) is 0.167. The number of hydrogen-bond acceptors (Lipinski definition) is 2. The van der Waals surface area contributed by atoms with E-state index in [9.17, 15) is 4.39 Å². The van der Waals surface area contributed by atoms with Gasteiger partial charge < -0.3 is 9.47 Å². The number of hydrogen-bond donors (Lipinski definition) is 0. The Balaban J connectivity index is 2.03. The summed E-state index contributed by atoms with van der Waals surface area (Å²) in [6.45, 7) is 3.08. The van der Waals surface area contributed by atoms with Crippen LogP contribution in [0.5, 0.6) is 5.75 Å². The van der Waals surface area contributed by atoms with Gasteiger partial charge in [-0.25, -0.2) is 4.39 Å². The molecule has 1 fully saturated rings. The predicted octanol–water partition coefficient (Wildman–Crippen LogP) is 1.91. The van der Waals surface area contributed by atoms with Crippen molar-refractivity contribution in [2.45, 2.75) is 13.0 Å². The number of rotatable bonds is 3. The summed E-state index contributed by atoms with van der Waals surface area (Å²) in [5.41, 5.74) is 0.994. The monoisotopic (exact) mass is 182 g/mol. The fourth-order valence-corrected chi connectivity index (χ4v) is 1.07. The Morgan fingerprint density at radius 1 is 1.62 bits per heavy atom. The van der Waals surface area contributed by atoms with Gasteiger partial charge in [-0.1, -0.05) is 6.07 Å². The van der Waals surface area contributed by atoms with E-state index in [0.717, 1.165) is 12.2 Å². The Morgan fingerprint density at radius 2 is 2.38 bits per heavy atom. The van der Waals surface area contributed by atoms with E-state index >= 15 is 0 Å². The van der Waals surface area contributed by atoms with Gasteiger partial charge in [-0.2, -0.15) is 0 Å². The molecule has 0 saturated carbocycles. The fraction of sp³-hybridized carbons (Fsp3) is 0.400. The van der Waals surface area contributed by atoms with Crippen LogP contribution < -0.4 is 4.74 Å². The van der Waals surface area contributed by atoms with Crippen molar-refractivity contribution in [3.8, 4) is 5.75 Å². The van der Waals surface area contributed by atoms with Gasteiger partial charge in [0.1, 0.15) is 12.7 Å². The highest BCUT2D eigenvalue weighted by Gasteiger charge is 2.23. The maximum absolute atomic E-state index is 13.1. The van der Waals surface area contributed by atoms with Crippen LogP contribution in [0.4, 0.5) is 4.39 Å². The molecule has 0 unspecified atom stereocenters. The van der Waals surface area contributed by atoms with Gasteiger partial charge in [0.15, 0.2) is 11.6 Å². The Morgan fingerprint density at radius 3 is 3.08 bits per heavy atom. The molecule has 1 heterocycles. The van der Waals surface area contributed by atoms with Crippen molar-refractivity contribution in [2.75, 3.05) is 13.2 Å². The SMILES string of the molecule is Cc1ccc(F)c(OC[C@@H]2CO2)c1. The quantitative estimate of drug-likeness (QED) is 0.666. The van der Waals surface area contributed by atoms with Gasteiger partial charge in [-0.3, -0.25) is 0 Å². The van der Waals surface area contributed by atoms with Crippen LogP contribution in [0.25, 0.3) is 0 Å². The third-order valence-corrected chi connectivity index (χ3v) is 1.91. The van der Waals surface area contributed by atoms with E-state index in [4.69, 9.17) is 9.47 Å². The van der Waals surface area contributed by atoms with Crippen molar-refractivity contribution in [1.29, 1.82) is 0 Å². The van der Waals surface area contributed by atoms with Gasteiger partial charge >= 0.3 is 0 Å². The van der Waals surface area contributed by atoms with E-state index in [1.54, 1.807) is 12.1 Å². The normalized spacial score (nSPS) is 20.0. The summed E-state index contributed by atoms with van der Waals surface area (Å²) in [4.78, 5) is 0. The summed E-state index contributed by atoms with van der Waals surface area (Å²) >= 11 is 0. The van der Waals surface area contributed by atoms with Crippen molar-refractivity contribution < 1.29 is 13.9 Å². The molecule has 0 N–H and O–H groups in total. The Kier molecular flexibility index (Phi) is 2.19. The fourth-order valence-electron chi connectivity index (χ4n) is 1.07. The van der Waals surface area contributed by atoms with E-state index in [1.165, 1.54) is 6.07 Å². The third kappa shape index (κ3) is 2.18. The first kappa shape index (κ1) is 8.51. The van der Waals surface area contributed by atoms with Crippen LogP contribution in [-0.4, -0.2) is 19.3 Å². The average molecular weight is 182 g/mol. The first-order chi connectivity index (χ1) is 6.25. The Labute approximate surface area is 76.3 Å². The molecule has 0 amide bonds. The topological polar surface area (TPSA) is 21.8 Å². The molecule has 1 aromatic carbocycles. The van der Waals surface area contributed by atoms with Crippen LogP contribution >= 0.6 is 0 Å². The van der Waals surface area contributed by atoms with Crippen LogP contribution in [0, 0.1) is 12.7 Å². The molecule has 2 rings (SSSR count). The molecule has 3 heteroatoms. The molecular formula is C10H11FO2. The highest BCUT2D eigenvalue weighted by atomic mass is 19.1. The molecule has 0 radical (unpaired) electrons. The van der Waals surface area contributed by atoms with Crippen LogP contribution in [0.3, 0.4) is 0 Å². The molecule has 1 aliphatic rings. The van der Waals surface area contributed by atoms with Crippen LogP contribution in [0.2, 0.25) is 0 Å². The lowest BCUT2D eigenvalue weighted by Gasteiger charge is -2.05. The average Bonchev–Trinajstić information content (AvgIpc) is 2.90. The largest absolute Gasteiger partial charge is 0.488 e. The third-order valence-electron chi connectivity index (χ3n) is 1.91. The van der Waals surface area contributed by atoms with Crippen LogP contribution in [0.15, 0.2) is 18.2 Å².